The predicted molar refractivity (Wildman–Crippen MR) is 119 cm³/mol. The summed E-state index contributed by atoms with van der Waals surface area (Å²) in [7, 11) is 0. The number of hydrogen-bond acceptors (Lipinski definition) is 2. The monoisotopic (exact) mass is 446 g/mol. The molecule has 0 bridgehead atoms. The molecule has 4 nitrogen and oxygen atoms in total. The summed E-state index contributed by atoms with van der Waals surface area (Å²) < 4.78 is 0. The van der Waals surface area contributed by atoms with E-state index in [1.54, 1.807) is 66.7 Å². The number of hydrogen-bond donors (Lipinski definition) is 2. The molecule has 0 unspecified atom stereocenters. The minimum absolute atomic E-state index is 0.168. The van der Waals surface area contributed by atoms with Crippen molar-refractivity contribution in [2.45, 2.75) is 12.8 Å². The maximum Gasteiger partial charge on any atom is 0.228 e. The van der Waals surface area contributed by atoms with Crippen molar-refractivity contribution < 1.29 is 9.59 Å². The average molecular weight is 448 g/mol. The normalized spacial score (nSPS) is 10.4. The Bertz CT molecular complexity index is 1020. The first kappa shape index (κ1) is 21.2. The summed E-state index contributed by atoms with van der Waals surface area (Å²) >= 11 is 17.8. The first-order valence-electron chi connectivity index (χ1n) is 8.77. The lowest BCUT2D eigenvalue weighted by Crippen LogP contribution is -2.19. The second-order valence-electron chi connectivity index (χ2n) is 6.39. The molecule has 0 atom stereocenters. The molecule has 2 amide bonds. The number of nitrogens with one attached hydrogen (secondary N) is 2. The third kappa shape index (κ3) is 6.50. The van der Waals surface area contributed by atoms with Crippen LogP contribution < -0.4 is 10.6 Å². The standard InChI is InChI=1S/C22H17Cl3N2O2/c23-16-5-1-14(2-6-16)11-21(28)26-19-10-9-18(25)13-20(19)27-22(29)12-15-3-7-17(24)8-4-15/h1-10,13H,11-12H2,(H,26,28)(H,27,29). The van der Waals surface area contributed by atoms with E-state index in [9.17, 15) is 9.59 Å². The summed E-state index contributed by atoms with van der Waals surface area (Å²) in [6.45, 7) is 0. The van der Waals surface area contributed by atoms with E-state index in [2.05, 4.69) is 10.6 Å². The second-order valence-corrected chi connectivity index (χ2v) is 7.70. The number of amides is 2. The molecule has 0 radical (unpaired) electrons. The van der Waals surface area contributed by atoms with Gasteiger partial charge in [-0.25, -0.2) is 0 Å². The third-order valence-corrected chi connectivity index (χ3v) is 4.82. The minimum atomic E-state index is -0.234. The molecule has 7 heteroatoms. The topological polar surface area (TPSA) is 58.2 Å². The van der Waals surface area contributed by atoms with Crippen molar-refractivity contribution in [3.05, 3.63) is 92.9 Å². The number of rotatable bonds is 6. The van der Waals surface area contributed by atoms with Gasteiger partial charge < -0.3 is 10.6 Å². The van der Waals surface area contributed by atoms with Crippen LogP contribution in [-0.4, -0.2) is 11.8 Å². The van der Waals surface area contributed by atoms with Gasteiger partial charge in [0.05, 0.1) is 24.2 Å². The van der Waals surface area contributed by atoms with E-state index in [0.29, 0.717) is 26.4 Å². The number of halogens is 3. The highest BCUT2D eigenvalue weighted by Gasteiger charge is 2.12. The summed E-state index contributed by atoms with van der Waals surface area (Å²) in [5, 5.41) is 7.28. The SMILES string of the molecule is O=C(Cc1ccc(Cl)cc1)Nc1ccc(Cl)cc1NC(=O)Cc1ccc(Cl)cc1. The zero-order valence-corrected chi connectivity index (χ0v) is 17.5. The molecule has 0 saturated carbocycles. The van der Waals surface area contributed by atoms with Crippen LogP contribution in [-0.2, 0) is 22.4 Å². The van der Waals surface area contributed by atoms with Crippen LogP contribution in [0.4, 0.5) is 11.4 Å². The molecule has 3 rings (SSSR count). The summed E-state index contributed by atoms with van der Waals surface area (Å²) in [6.07, 6.45) is 0.347. The molecular weight excluding hydrogens is 431 g/mol. The first-order valence-corrected chi connectivity index (χ1v) is 9.90. The Morgan fingerprint density at radius 3 is 1.48 bits per heavy atom. The maximum atomic E-state index is 12.4. The second kappa shape index (κ2) is 9.79. The van der Waals surface area contributed by atoms with E-state index in [0.717, 1.165) is 11.1 Å². The van der Waals surface area contributed by atoms with Crippen molar-refractivity contribution >= 4 is 58.0 Å². The highest BCUT2D eigenvalue weighted by molar-refractivity contribution is 6.31. The van der Waals surface area contributed by atoms with Crippen LogP contribution in [0.5, 0.6) is 0 Å². The average Bonchev–Trinajstić information content (AvgIpc) is 2.67. The molecule has 0 aliphatic heterocycles. The van der Waals surface area contributed by atoms with Crippen LogP contribution in [0.1, 0.15) is 11.1 Å². The number of anilines is 2. The van der Waals surface area contributed by atoms with Gasteiger partial charge in [-0.3, -0.25) is 9.59 Å². The zero-order chi connectivity index (χ0) is 20.8. The van der Waals surface area contributed by atoms with Gasteiger partial charge in [-0.2, -0.15) is 0 Å². The smallest absolute Gasteiger partial charge is 0.228 e. The van der Waals surface area contributed by atoms with Crippen LogP contribution in [0.15, 0.2) is 66.7 Å². The molecular formula is C22H17Cl3N2O2. The van der Waals surface area contributed by atoms with Gasteiger partial charge in [-0.05, 0) is 53.6 Å². The molecule has 0 spiro atoms. The highest BCUT2D eigenvalue weighted by Crippen LogP contribution is 2.26. The van der Waals surface area contributed by atoms with Gasteiger partial charge >= 0.3 is 0 Å². The summed E-state index contributed by atoms with van der Waals surface area (Å²) in [6, 6.07) is 19.0. The fourth-order valence-electron chi connectivity index (χ4n) is 2.69. The minimum Gasteiger partial charge on any atom is -0.324 e. The molecule has 0 fully saturated rings. The van der Waals surface area contributed by atoms with Crippen molar-refractivity contribution in [1.29, 1.82) is 0 Å². The van der Waals surface area contributed by atoms with Gasteiger partial charge in [0.25, 0.3) is 0 Å². The van der Waals surface area contributed by atoms with Gasteiger partial charge in [-0.15, -0.1) is 0 Å². The van der Waals surface area contributed by atoms with Crippen LogP contribution >= 0.6 is 34.8 Å². The molecule has 3 aromatic carbocycles. The summed E-state index contributed by atoms with van der Waals surface area (Å²) in [5.74, 6) is -0.453. The Labute approximate surface area is 183 Å². The van der Waals surface area contributed by atoms with E-state index < -0.39 is 0 Å². The van der Waals surface area contributed by atoms with Crippen LogP contribution in [0.25, 0.3) is 0 Å². The van der Waals surface area contributed by atoms with Gasteiger partial charge in [-0.1, -0.05) is 59.1 Å². The molecule has 0 aliphatic rings. The quantitative estimate of drug-likeness (QED) is 0.486. The van der Waals surface area contributed by atoms with Crippen molar-refractivity contribution in [3.63, 3.8) is 0 Å². The van der Waals surface area contributed by atoms with Crippen LogP contribution in [0, 0.1) is 0 Å². The molecule has 3 aromatic rings. The number of carbonyl (C=O) groups is 2. The lowest BCUT2D eigenvalue weighted by molar-refractivity contribution is -0.116. The molecule has 0 saturated heterocycles. The van der Waals surface area contributed by atoms with Crippen molar-refractivity contribution in [2.75, 3.05) is 10.6 Å². The Kier molecular flexibility index (Phi) is 7.15. The van der Waals surface area contributed by atoms with Gasteiger partial charge in [0.1, 0.15) is 0 Å². The molecule has 29 heavy (non-hydrogen) atoms. The predicted octanol–water partition coefficient (Wildman–Crippen LogP) is 6.01. The van der Waals surface area contributed by atoms with Gasteiger partial charge in [0.2, 0.25) is 11.8 Å². The van der Waals surface area contributed by atoms with Gasteiger partial charge in [0, 0.05) is 15.1 Å². The number of benzene rings is 3. The lowest BCUT2D eigenvalue weighted by atomic mass is 10.1. The highest BCUT2D eigenvalue weighted by atomic mass is 35.5. The molecule has 0 heterocycles. The van der Waals surface area contributed by atoms with Crippen LogP contribution in [0.3, 0.4) is 0 Å². The summed E-state index contributed by atoms with van der Waals surface area (Å²) in [5.41, 5.74) is 2.55. The van der Waals surface area contributed by atoms with Gasteiger partial charge in [0.15, 0.2) is 0 Å². The fourth-order valence-corrected chi connectivity index (χ4v) is 3.12. The van der Waals surface area contributed by atoms with Crippen LogP contribution in [0.2, 0.25) is 15.1 Å². The zero-order valence-electron chi connectivity index (χ0n) is 15.2. The molecule has 148 valence electrons. The molecule has 0 aliphatic carbocycles. The number of carbonyl (C=O) groups excluding carboxylic acids is 2. The Balaban J connectivity index is 1.68. The molecule has 2 N–H and O–H groups in total. The summed E-state index contributed by atoms with van der Waals surface area (Å²) in [4.78, 5) is 24.8. The fraction of sp³-hybridized carbons (Fsp3) is 0.0909. The van der Waals surface area contributed by atoms with E-state index in [1.807, 2.05) is 0 Å². The third-order valence-electron chi connectivity index (χ3n) is 4.09. The van der Waals surface area contributed by atoms with Crippen molar-refractivity contribution in [1.82, 2.24) is 0 Å². The van der Waals surface area contributed by atoms with Crippen molar-refractivity contribution in [2.24, 2.45) is 0 Å². The molecule has 0 aromatic heterocycles. The van der Waals surface area contributed by atoms with E-state index in [-0.39, 0.29) is 24.7 Å². The lowest BCUT2D eigenvalue weighted by Gasteiger charge is -2.13. The largest absolute Gasteiger partial charge is 0.324 e. The van der Waals surface area contributed by atoms with E-state index in [1.165, 1.54) is 0 Å². The van der Waals surface area contributed by atoms with E-state index >= 15 is 0 Å². The maximum absolute atomic E-state index is 12.4. The Morgan fingerprint density at radius 2 is 1.00 bits per heavy atom. The van der Waals surface area contributed by atoms with E-state index in [4.69, 9.17) is 34.8 Å². The Hall–Kier alpha value is -2.53. The first-order chi connectivity index (χ1) is 13.9. The Morgan fingerprint density at radius 1 is 0.586 bits per heavy atom. The van der Waals surface area contributed by atoms with Crippen molar-refractivity contribution in [3.8, 4) is 0 Å².